The van der Waals surface area contributed by atoms with E-state index in [0.29, 0.717) is 13.0 Å². The number of hydrogen-bond acceptors (Lipinski definition) is 5. The third kappa shape index (κ3) is 3.49. The highest BCUT2D eigenvalue weighted by molar-refractivity contribution is 7.86. The van der Waals surface area contributed by atoms with E-state index in [-0.39, 0.29) is 24.0 Å². The highest BCUT2D eigenvalue weighted by Crippen LogP contribution is 2.19. The van der Waals surface area contributed by atoms with Crippen molar-refractivity contribution >= 4 is 16.2 Å². The summed E-state index contributed by atoms with van der Waals surface area (Å²) in [5.41, 5.74) is 0.962. The number of rotatable bonds is 4. The van der Waals surface area contributed by atoms with Crippen molar-refractivity contribution in [3.63, 3.8) is 0 Å². The fraction of sp³-hybridized carbons (Fsp3) is 0.462. The highest BCUT2D eigenvalue weighted by Gasteiger charge is 2.25. The molecule has 0 bridgehead atoms. The van der Waals surface area contributed by atoms with Crippen molar-refractivity contribution in [3.8, 4) is 0 Å². The van der Waals surface area contributed by atoms with Crippen LogP contribution < -0.4 is 5.11 Å². The number of likely N-dealkylation sites (tertiary alicyclic amines) is 1. The first kappa shape index (κ1) is 14.8. The van der Waals surface area contributed by atoms with Crippen molar-refractivity contribution in [2.45, 2.75) is 18.2 Å². The summed E-state index contributed by atoms with van der Waals surface area (Å²) in [5.74, 6) is -0.117. The van der Waals surface area contributed by atoms with Gasteiger partial charge in [-0.15, -0.1) is 0 Å². The number of hydrogen-bond donors (Lipinski definition) is 0. The van der Waals surface area contributed by atoms with Gasteiger partial charge in [-0.1, -0.05) is 17.7 Å². The van der Waals surface area contributed by atoms with Crippen molar-refractivity contribution in [3.05, 3.63) is 29.8 Å². The molecule has 1 heterocycles. The van der Waals surface area contributed by atoms with E-state index in [4.69, 9.17) is 4.18 Å². The van der Waals surface area contributed by atoms with Gasteiger partial charge in [0.25, 0.3) is 10.1 Å². The third-order valence-corrected chi connectivity index (χ3v) is 4.61. The van der Waals surface area contributed by atoms with Gasteiger partial charge in [0.15, 0.2) is 0 Å². The molecular weight excluding hydrogens is 282 g/mol. The topological polar surface area (TPSA) is 86.7 Å². The lowest BCUT2D eigenvalue weighted by atomic mass is 10.1. The van der Waals surface area contributed by atoms with Gasteiger partial charge in [-0.3, -0.25) is 4.18 Å². The van der Waals surface area contributed by atoms with E-state index >= 15 is 0 Å². The predicted octanol–water partition coefficient (Wildman–Crippen LogP) is 0.366. The van der Waals surface area contributed by atoms with Gasteiger partial charge in [0, 0.05) is 19.0 Å². The van der Waals surface area contributed by atoms with Gasteiger partial charge in [-0.2, -0.15) is 8.42 Å². The van der Waals surface area contributed by atoms with Crippen LogP contribution in [0.3, 0.4) is 0 Å². The summed E-state index contributed by atoms with van der Waals surface area (Å²) in [6.45, 7) is 2.47. The molecule has 6 nitrogen and oxygen atoms in total. The van der Waals surface area contributed by atoms with Crippen LogP contribution in [-0.2, 0) is 14.3 Å². The zero-order valence-electron chi connectivity index (χ0n) is 11.1. The maximum Gasteiger partial charge on any atom is 0.296 e. The standard InChI is InChI=1S/C13H17NO5S/c1-10-2-4-12(5-3-10)20(17,18)19-9-11-6-7-14(8-11)13(15)16/h2-5,11H,6-9H2,1H3,(H,15,16)/p-1/t11-/m0/s1. The Hall–Kier alpha value is -1.60. The molecule has 1 aliphatic heterocycles. The van der Waals surface area contributed by atoms with E-state index in [0.717, 1.165) is 10.5 Å². The Morgan fingerprint density at radius 1 is 1.40 bits per heavy atom. The molecule has 1 atom stereocenters. The van der Waals surface area contributed by atoms with Gasteiger partial charge >= 0.3 is 0 Å². The van der Waals surface area contributed by atoms with E-state index in [9.17, 15) is 18.3 Å². The zero-order valence-corrected chi connectivity index (χ0v) is 11.9. The first-order valence-corrected chi connectivity index (χ1v) is 7.71. The molecule has 1 fully saturated rings. The molecule has 0 aliphatic carbocycles. The van der Waals surface area contributed by atoms with Gasteiger partial charge in [0.1, 0.15) is 6.09 Å². The Balaban J connectivity index is 1.93. The van der Waals surface area contributed by atoms with Crippen LogP contribution in [-0.4, -0.2) is 39.1 Å². The molecule has 0 N–H and O–H groups in total. The number of carbonyl (C=O) groups is 1. The minimum Gasteiger partial charge on any atom is -0.530 e. The predicted molar refractivity (Wildman–Crippen MR) is 69.4 cm³/mol. The van der Waals surface area contributed by atoms with Crippen LogP contribution in [0, 0.1) is 12.8 Å². The van der Waals surface area contributed by atoms with Crippen LogP contribution in [0.5, 0.6) is 0 Å². The minimum atomic E-state index is -3.78. The molecule has 0 unspecified atom stereocenters. The van der Waals surface area contributed by atoms with Crippen LogP contribution in [0.15, 0.2) is 29.2 Å². The highest BCUT2D eigenvalue weighted by atomic mass is 32.2. The van der Waals surface area contributed by atoms with Crippen molar-refractivity contribution in [2.75, 3.05) is 19.7 Å². The largest absolute Gasteiger partial charge is 0.530 e. The van der Waals surface area contributed by atoms with E-state index in [1.807, 2.05) is 6.92 Å². The summed E-state index contributed by atoms with van der Waals surface area (Å²) in [4.78, 5) is 11.9. The number of carboxylic acid groups (broad SMARTS) is 1. The summed E-state index contributed by atoms with van der Waals surface area (Å²) in [5, 5.41) is 10.7. The summed E-state index contributed by atoms with van der Waals surface area (Å²) in [7, 11) is -3.78. The molecular formula is C13H16NO5S-. The molecule has 0 saturated carbocycles. The van der Waals surface area contributed by atoms with Gasteiger partial charge < -0.3 is 14.8 Å². The number of carbonyl (C=O) groups excluding carboxylic acids is 1. The summed E-state index contributed by atoms with van der Waals surface area (Å²) in [6, 6.07) is 6.38. The summed E-state index contributed by atoms with van der Waals surface area (Å²) >= 11 is 0. The molecule has 0 radical (unpaired) electrons. The normalized spacial score (nSPS) is 19.2. The van der Waals surface area contributed by atoms with Crippen LogP contribution in [0.2, 0.25) is 0 Å². The molecule has 0 aromatic heterocycles. The van der Waals surface area contributed by atoms with Gasteiger partial charge in [-0.25, -0.2) is 0 Å². The Bertz CT molecular complexity index is 581. The molecule has 7 heteroatoms. The van der Waals surface area contributed by atoms with Gasteiger partial charge in [0.05, 0.1) is 11.5 Å². The second kappa shape index (κ2) is 5.80. The lowest BCUT2D eigenvalue weighted by Crippen LogP contribution is -2.39. The lowest BCUT2D eigenvalue weighted by Gasteiger charge is -2.18. The molecule has 0 spiro atoms. The first-order chi connectivity index (χ1) is 9.38. The van der Waals surface area contributed by atoms with Crippen LogP contribution >= 0.6 is 0 Å². The van der Waals surface area contributed by atoms with Crippen LogP contribution in [0.4, 0.5) is 4.79 Å². The smallest absolute Gasteiger partial charge is 0.296 e. The maximum atomic E-state index is 12.0. The minimum absolute atomic E-state index is 0.0139. The van der Waals surface area contributed by atoms with Crippen molar-refractivity contribution in [1.82, 2.24) is 4.90 Å². The molecule has 2 rings (SSSR count). The quantitative estimate of drug-likeness (QED) is 0.749. The fourth-order valence-corrected chi connectivity index (χ4v) is 3.07. The molecule has 110 valence electrons. The zero-order chi connectivity index (χ0) is 14.8. The van der Waals surface area contributed by atoms with Crippen molar-refractivity contribution in [1.29, 1.82) is 0 Å². The molecule has 20 heavy (non-hydrogen) atoms. The van der Waals surface area contributed by atoms with Crippen molar-refractivity contribution in [2.24, 2.45) is 5.92 Å². The third-order valence-electron chi connectivity index (χ3n) is 3.31. The first-order valence-electron chi connectivity index (χ1n) is 6.30. The Labute approximate surface area is 118 Å². The second-order valence-corrected chi connectivity index (χ2v) is 6.53. The second-order valence-electron chi connectivity index (χ2n) is 4.92. The van der Waals surface area contributed by atoms with E-state index in [1.165, 1.54) is 12.1 Å². The average molecular weight is 298 g/mol. The van der Waals surface area contributed by atoms with E-state index in [2.05, 4.69) is 0 Å². The van der Waals surface area contributed by atoms with Gasteiger partial charge in [0.2, 0.25) is 0 Å². The van der Waals surface area contributed by atoms with E-state index < -0.39 is 16.2 Å². The monoisotopic (exact) mass is 298 g/mol. The van der Waals surface area contributed by atoms with Gasteiger partial charge in [-0.05, 0) is 25.5 Å². The van der Waals surface area contributed by atoms with Crippen molar-refractivity contribution < 1.29 is 22.5 Å². The van der Waals surface area contributed by atoms with Crippen LogP contribution in [0.1, 0.15) is 12.0 Å². The molecule has 1 aliphatic rings. The number of amides is 1. The average Bonchev–Trinajstić information content (AvgIpc) is 2.86. The molecule has 1 saturated heterocycles. The summed E-state index contributed by atoms with van der Waals surface area (Å²) in [6.07, 6.45) is -0.647. The summed E-state index contributed by atoms with van der Waals surface area (Å²) < 4.78 is 28.9. The maximum absolute atomic E-state index is 12.0. The number of aryl methyl sites for hydroxylation is 1. The molecule has 1 amide bonds. The van der Waals surface area contributed by atoms with E-state index in [1.54, 1.807) is 12.1 Å². The molecule has 1 aromatic rings. The number of nitrogens with zero attached hydrogens (tertiary/aromatic N) is 1. The SMILES string of the molecule is Cc1ccc(S(=O)(=O)OC[C@H]2CCN(C(=O)[O-])C2)cc1. The lowest BCUT2D eigenvalue weighted by molar-refractivity contribution is -0.264. The number of benzene rings is 1. The Morgan fingerprint density at radius 2 is 2.05 bits per heavy atom. The Morgan fingerprint density at radius 3 is 2.60 bits per heavy atom. The van der Waals surface area contributed by atoms with Crippen LogP contribution in [0.25, 0.3) is 0 Å². The Kier molecular flexibility index (Phi) is 4.29. The molecule has 1 aromatic carbocycles. The fourth-order valence-electron chi connectivity index (χ4n) is 2.09.